The first-order valence-corrected chi connectivity index (χ1v) is 6.41. The van der Waals surface area contributed by atoms with Gasteiger partial charge in [-0.25, -0.2) is 0 Å². The van der Waals surface area contributed by atoms with E-state index in [4.69, 9.17) is 0 Å². The minimum atomic E-state index is -4.12. The van der Waals surface area contributed by atoms with Gasteiger partial charge in [0.25, 0.3) is 0 Å². The minimum Gasteiger partial charge on any atom is -0.313 e. The maximum Gasteiger partial charge on any atom is 0.441 e. The Morgan fingerprint density at radius 2 is 2.06 bits per heavy atom. The highest BCUT2D eigenvalue weighted by atomic mass is 32.2. The molecular weight excluding hydrogens is 235 g/mol. The van der Waals surface area contributed by atoms with Crippen LogP contribution in [0.5, 0.6) is 0 Å². The molecule has 0 amide bonds. The van der Waals surface area contributed by atoms with Crippen LogP contribution in [0.1, 0.15) is 26.2 Å². The van der Waals surface area contributed by atoms with Gasteiger partial charge in [0, 0.05) is 18.3 Å². The lowest BCUT2D eigenvalue weighted by molar-refractivity contribution is -0.0328. The summed E-state index contributed by atoms with van der Waals surface area (Å²) in [5, 5.41) is 3.33. The summed E-state index contributed by atoms with van der Waals surface area (Å²) in [6.45, 7) is 6.39. The maximum atomic E-state index is 12.0. The number of hydrogen-bond donors (Lipinski definition) is 1. The molecular formula is C11H18F3NS. The Bertz CT molecular complexity index is 238. The van der Waals surface area contributed by atoms with Gasteiger partial charge >= 0.3 is 5.51 Å². The predicted octanol–water partition coefficient (Wildman–Crippen LogP) is 3.57. The van der Waals surface area contributed by atoms with E-state index in [0.717, 1.165) is 6.54 Å². The van der Waals surface area contributed by atoms with E-state index in [1.54, 1.807) is 6.08 Å². The standard InChI is InChI=1S/C11H18F3NS/c1-3-10(2,8-15-9-4-5-9)6-7-16-11(12,13)14/h3,9,15H,1,4-8H2,2H3. The van der Waals surface area contributed by atoms with Crippen LogP contribution in [-0.4, -0.2) is 23.8 Å². The smallest absolute Gasteiger partial charge is 0.313 e. The summed E-state index contributed by atoms with van der Waals surface area (Å²) in [4.78, 5) is 0. The van der Waals surface area contributed by atoms with E-state index in [2.05, 4.69) is 11.9 Å². The molecule has 5 heteroatoms. The molecule has 0 bridgehead atoms. The molecule has 0 aliphatic heterocycles. The fraction of sp³-hybridized carbons (Fsp3) is 0.818. The number of halogens is 3. The molecule has 1 aliphatic carbocycles. The second-order valence-corrected chi connectivity index (χ2v) is 5.72. The van der Waals surface area contributed by atoms with Crippen molar-refractivity contribution >= 4 is 11.8 Å². The number of alkyl halides is 3. The lowest BCUT2D eigenvalue weighted by Crippen LogP contribution is -2.32. The number of nitrogens with one attached hydrogen (secondary N) is 1. The molecule has 0 heterocycles. The van der Waals surface area contributed by atoms with E-state index >= 15 is 0 Å². The molecule has 16 heavy (non-hydrogen) atoms. The molecule has 1 rings (SSSR count). The third-order valence-corrected chi connectivity index (χ3v) is 3.54. The van der Waals surface area contributed by atoms with Crippen LogP contribution < -0.4 is 5.32 Å². The topological polar surface area (TPSA) is 12.0 Å². The highest BCUT2D eigenvalue weighted by molar-refractivity contribution is 8.00. The Labute approximate surface area is 98.9 Å². The fourth-order valence-corrected chi connectivity index (χ4v) is 2.13. The highest BCUT2D eigenvalue weighted by Crippen LogP contribution is 2.34. The molecule has 1 saturated carbocycles. The fourth-order valence-electron chi connectivity index (χ4n) is 1.33. The van der Waals surface area contributed by atoms with Gasteiger partial charge in [0.2, 0.25) is 0 Å². The molecule has 0 spiro atoms. The van der Waals surface area contributed by atoms with Gasteiger partial charge in [-0.1, -0.05) is 24.8 Å². The van der Waals surface area contributed by atoms with Crippen LogP contribution in [0.15, 0.2) is 12.7 Å². The van der Waals surface area contributed by atoms with Crippen molar-refractivity contribution in [1.82, 2.24) is 5.32 Å². The molecule has 1 atom stereocenters. The monoisotopic (exact) mass is 253 g/mol. The molecule has 94 valence electrons. The van der Waals surface area contributed by atoms with Gasteiger partial charge < -0.3 is 5.32 Å². The largest absolute Gasteiger partial charge is 0.441 e. The third kappa shape index (κ3) is 5.80. The van der Waals surface area contributed by atoms with Gasteiger partial charge in [-0.05, 0) is 24.7 Å². The van der Waals surface area contributed by atoms with E-state index in [0.29, 0.717) is 12.5 Å². The summed E-state index contributed by atoms with van der Waals surface area (Å²) in [5.41, 5.74) is -4.35. The van der Waals surface area contributed by atoms with Crippen LogP contribution in [0.4, 0.5) is 13.2 Å². The molecule has 0 aromatic rings. The average Bonchev–Trinajstić information content (AvgIpc) is 2.96. The zero-order chi connectivity index (χ0) is 12.2. The Balaban J connectivity index is 2.24. The van der Waals surface area contributed by atoms with Crippen molar-refractivity contribution in [2.45, 2.75) is 37.7 Å². The van der Waals surface area contributed by atoms with E-state index in [9.17, 15) is 13.2 Å². The minimum absolute atomic E-state index is 0.0501. The highest BCUT2D eigenvalue weighted by Gasteiger charge is 2.31. The summed E-state index contributed by atoms with van der Waals surface area (Å²) in [6, 6.07) is 0.578. The Hall–Kier alpha value is -0.160. The Morgan fingerprint density at radius 3 is 2.50 bits per heavy atom. The van der Waals surface area contributed by atoms with Crippen LogP contribution in [0.3, 0.4) is 0 Å². The van der Waals surface area contributed by atoms with Gasteiger partial charge in [-0.3, -0.25) is 0 Å². The second-order valence-electron chi connectivity index (χ2n) is 4.56. The van der Waals surface area contributed by atoms with Crippen LogP contribution >= 0.6 is 11.8 Å². The van der Waals surface area contributed by atoms with Crippen molar-refractivity contribution < 1.29 is 13.2 Å². The number of thioether (sulfide) groups is 1. The lowest BCUT2D eigenvalue weighted by Gasteiger charge is -2.26. The van der Waals surface area contributed by atoms with Gasteiger partial charge in [0.15, 0.2) is 0 Å². The molecule has 1 aliphatic rings. The average molecular weight is 253 g/mol. The van der Waals surface area contributed by atoms with Crippen LogP contribution in [-0.2, 0) is 0 Å². The zero-order valence-corrected chi connectivity index (χ0v) is 10.3. The van der Waals surface area contributed by atoms with Gasteiger partial charge in [-0.2, -0.15) is 13.2 Å². The quantitative estimate of drug-likeness (QED) is 0.696. The summed E-state index contributed by atoms with van der Waals surface area (Å²) in [6.07, 6.45) is 4.63. The van der Waals surface area contributed by atoms with Gasteiger partial charge in [0.1, 0.15) is 0 Å². The lowest BCUT2D eigenvalue weighted by atomic mass is 9.88. The van der Waals surface area contributed by atoms with Gasteiger partial charge in [-0.15, -0.1) is 6.58 Å². The molecule has 1 nitrogen and oxygen atoms in total. The molecule has 1 fully saturated rings. The first-order valence-electron chi connectivity index (χ1n) is 5.42. The second kappa shape index (κ2) is 5.45. The van der Waals surface area contributed by atoms with Crippen molar-refractivity contribution in [3.63, 3.8) is 0 Å². The predicted molar refractivity (Wildman–Crippen MR) is 62.5 cm³/mol. The van der Waals surface area contributed by atoms with E-state index in [-0.39, 0.29) is 22.9 Å². The summed E-state index contributed by atoms with van der Waals surface area (Å²) >= 11 is 0.0501. The van der Waals surface area contributed by atoms with Crippen LogP contribution in [0, 0.1) is 5.41 Å². The molecule has 1 unspecified atom stereocenters. The summed E-state index contributed by atoms with van der Waals surface area (Å²) in [7, 11) is 0. The maximum absolute atomic E-state index is 12.0. The van der Waals surface area contributed by atoms with Crippen LogP contribution in [0.2, 0.25) is 0 Å². The zero-order valence-electron chi connectivity index (χ0n) is 9.44. The Kier molecular flexibility index (Phi) is 4.73. The van der Waals surface area contributed by atoms with Crippen molar-refractivity contribution in [3.8, 4) is 0 Å². The van der Waals surface area contributed by atoms with Gasteiger partial charge in [0.05, 0.1) is 0 Å². The summed E-state index contributed by atoms with van der Waals surface area (Å²) < 4.78 is 35.9. The molecule has 0 radical (unpaired) electrons. The first kappa shape index (κ1) is 13.9. The first-order chi connectivity index (χ1) is 7.35. The molecule has 0 saturated heterocycles. The summed E-state index contributed by atoms with van der Waals surface area (Å²) in [5.74, 6) is 0.0956. The van der Waals surface area contributed by atoms with E-state index in [1.165, 1.54) is 12.8 Å². The van der Waals surface area contributed by atoms with E-state index in [1.807, 2.05) is 6.92 Å². The Morgan fingerprint density at radius 1 is 1.44 bits per heavy atom. The van der Waals surface area contributed by atoms with E-state index < -0.39 is 5.51 Å². The molecule has 0 aromatic heterocycles. The van der Waals surface area contributed by atoms with Crippen molar-refractivity contribution in [3.05, 3.63) is 12.7 Å². The molecule has 0 aromatic carbocycles. The van der Waals surface area contributed by atoms with Crippen molar-refractivity contribution in [1.29, 1.82) is 0 Å². The SMILES string of the molecule is C=CC(C)(CCSC(F)(F)F)CNC1CC1. The third-order valence-electron chi connectivity index (χ3n) is 2.80. The van der Waals surface area contributed by atoms with Crippen molar-refractivity contribution in [2.24, 2.45) is 5.41 Å². The van der Waals surface area contributed by atoms with Crippen molar-refractivity contribution in [2.75, 3.05) is 12.3 Å². The number of rotatable bonds is 7. The normalized spacial score (nSPS) is 20.5. The number of hydrogen-bond acceptors (Lipinski definition) is 2. The molecule has 1 N–H and O–H groups in total. The van der Waals surface area contributed by atoms with Crippen LogP contribution in [0.25, 0.3) is 0 Å².